The summed E-state index contributed by atoms with van der Waals surface area (Å²) >= 11 is 4.40. The summed E-state index contributed by atoms with van der Waals surface area (Å²) in [5, 5.41) is 0. The fourth-order valence-corrected chi connectivity index (χ4v) is 0. The molecule has 0 aliphatic heterocycles. The molecule has 4 heteroatoms. The summed E-state index contributed by atoms with van der Waals surface area (Å²) < 4.78 is 0. The van der Waals surface area contributed by atoms with Gasteiger partial charge in [0.1, 0.15) is 0 Å². The molecule has 0 aromatic carbocycles. The average molecular weight is 301 g/mol. The Hall–Kier alpha value is 0.693. The number of carbonyl (C=O) groups excluding carboxylic acids is 2. The average Bonchev–Trinajstić information content (AvgIpc) is 1.81. The molecular formula is C3H5IO2Ru. The molecule has 0 N–H and O–H groups in total. The van der Waals surface area contributed by atoms with Gasteiger partial charge in [0.15, 0.2) is 0 Å². The van der Waals surface area contributed by atoms with Gasteiger partial charge in [0.05, 0.1) is 0 Å². The topological polar surface area (TPSA) is 34.1 Å². The Morgan fingerprint density at radius 1 is 1.00 bits per heavy atom. The maximum atomic E-state index is 7.75. The van der Waals surface area contributed by atoms with Crippen LogP contribution >= 0.6 is 19.8 Å². The summed E-state index contributed by atoms with van der Waals surface area (Å²) in [6.45, 7) is 6.50. The van der Waals surface area contributed by atoms with Gasteiger partial charge in [-0.2, -0.15) is 0 Å². The normalized spacial score (nSPS) is 1.86. The summed E-state index contributed by atoms with van der Waals surface area (Å²) in [5.41, 5.74) is 0. The van der Waals surface area contributed by atoms with E-state index < -0.39 is 0 Å². The molecule has 0 aromatic heterocycles. The summed E-state index contributed by atoms with van der Waals surface area (Å²) in [4.78, 5) is 15.5. The first kappa shape index (κ1) is 25.3. The Labute approximate surface area is 64.9 Å². The van der Waals surface area contributed by atoms with Gasteiger partial charge in [0, 0.05) is 0 Å². The van der Waals surface area contributed by atoms with Gasteiger partial charge in [-0.15, -0.1) is 0 Å². The van der Waals surface area contributed by atoms with E-state index in [1.54, 1.807) is 0 Å². The van der Waals surface area contributed by atoms with Crippen molar-refractivity contribution < 1.29 is 24.4 Å². The van der Waals surface area contributed by atoms with Crippen molar-refractivity contribution in [2.45, 2.75) is 0 Å². The van der Waals surface area contributed by atoms with Gasteiger partial charge in [-0.25, -0.2) is 0 Å². The first-order valence-corrected chi connectivity index (χ1v) is 5.77. The summed E-state index contributed by atoms with van der Waals surface area (Å²) in [6, 6.07) is 0. The minimum absolute atomic E-state index is 0. The van der Waals surface area contributed by atoms with E-state index in [0.29, 0.717) is 0 Å². The van der Waals surface area contributed by atoms with Crippen LogP contribution < -0.4 is 0 Å². The zero-order valence-corrected chi connectivity index (χ0v) is 7.60. The van der Waals surface area contributed by atoms with Crippen molar-refractivity contribution >= 4 is 33.3 Å². The Morgan fingerprint density at radius 2 is 1.00 bits per heavy atom. The third-order valence-electron chi connectivity index (χ3n) is 0. The van der Waals surface area contributed by atoms with Crippen LogP contribution in [0.15, 0.2) is 0 Å². The van der Waals surface area contributed by atoms with Gasteiger partial charge in [-0.3, -0.25) is 13.6 Å². The van der Waals surface area contributed by atoms with Crippen molar-refractivity contribution in [1.82, 2.24) is 0 Å². The van der Waals surface area contributed by atoms with Crippen LogP contribution in [0.1, 0.15) is 0 Å². The number of rotatable bonds is 0. The van der Waals surface area contributed by atoms with E-state index in [4.69, 9.17) is 9.59 Å². The molecule has 0 saturated carbocycles. The molecule has 0 unspecified atom stereocenters. The Kier molecular flexibility index (Phi) is 1630. The first-order chi connectivity index (χ1) is 3.00. The molecule has 0 aromatic rings. The molecule has 0 atom stereocenters. The van der Waals surface area contributed by atoms with Gasteiger partial charge in [0.25, 0.3) is 0 Å². The van der Waals surface area contributed by atoms with Gasteiger partial charge >= 0.3 is 34.5 Å². The molecule has 2 nitrogen and oxygen atoms in total. The fourth-order valence-electron chi connectivity index (χ4n) is 0. The van der Waals surface area contributed by atoms with Crippen LogP contribution in [0.3, 0.4) is 0 Å². The summed E-state index contributed by atoms with van der Waals surface area (Å²) in [7, 11) is 0. The Bertz CT molecular complexity index is 14.9. The molecule has 44 valence electrons. The van der Waals surface area contributed by atoms with E-state index in [0.717, 1.165) is 0 Å². The number of hydrogen-bond donors (Lipinski definition) is 0. The standard InChI is InChI=1S/2CHO.CH3.HI.Ru/c2*1-2;;;/h2*1H;1H3;1H;/q3*-1;;+4/p-1. The second-order valence-electron chi connectivity index (χ2n) is 0. The van der Waals surface area contributed by atoms with Crippen molar-refractivity contribution in [3.63, 3.8) is 0 Å². The van der Waals surface area contributed by atoms with Gasteiger partial charge in [-0.05, 0) is 0 Å². The molecule has 0 spiro atoms. The minimum atomic E-state index is 0. The molecule has 0 aliphatic rings. The van der Waals surface area contributed by atoms with Crippen molar-refractivity contribution in [2.75, 3.05) is 0 Å². The zero-order valence-electron chi connectivity index (χ0n) is 3.70. The first-order valence-electron chi connectivity index (χ1n) is 0.605. The molecule has 0 heterocycles. The molecule has 0 rings (SSSR count). The van der Waals surface area contributed by atoms with E-state index >= 15 is 0 Å². The molecule has 0 aliphatic carbocycles. The van der Waals surface area contributed by atoms with Gasteiger partial charge in [-0.1, -0.05) is 0 Å². The van der Waals surface area contributed by atoms with Crippen LogP contribution in [-0.2, 0) is 24.4 Å². The quantitative estimate of drug-likeness (QED) is 0.287. The van der Waals surface area contributed by atoms with Crippen LogP contribution in [0, 0.1) is 7.43 Å². The van der Waals surface area contributed by atoms with E-state index in [1.807, 2.05) is 0 Å². The SMILES string of the molecule is [CH-]=O.[CH-]=O.[CH3-].[Ru+3][I]. The van der Waals surface area contributed by atoms with Crippen molar-refractivity contribution in [2.24, 2.45) is 0 Å². The van der Waals surface area contributed by atoms with E-state index in [2.05, 4.69) is 48.1 Å². The van der Waals surface area contributed by atoms with E-state index in [1.165, 1.54) is 0 Å². The van der Waals surface area contributed by atoms with Crippen molar-refractivity contribution in [3.05, 3.63) is 7.43 Å². The molecule has 7 heavy (non-hydrogen) atoms. The summed E-state index contributed by atoms with van der Waals surface area (Å²) in [5.74, 6) is 0. The molecule has 0 saturated heterocycles. The molecule has 0 fully saturated rings. The van der Waals surface area contributed by atoms with Crippen LogP contribution in [0.2, 0.25) is 0 Å². The predicted molar refractivity (Wildman–Crippen MR) is 33.9 cm³/mol. The van der Waals surface area contributed by atoms with Gasteiger partial charge in [0.2, 0.25) is 0 Å². The van der Waals surface area contributed by atoms with Crippen LogP contribution in [0.4, 0.5) is 0 Å². The third kappa shape index (κ3) is 307. The van der Waals surface area contributed by atoms with E-state index in [9.17, 15) is 0 Å². The molecular weight excluding hydrogens is 296 g/mol. The van der Waals surface area contributed by atoms with Crippen LogP contribution in [-0.4, -0.2) is 13.6 Å². The van der Waals surface area contributed by atoms with Gasteiger partial charge < -0.3 is 17.0 Å². The van der Waals surface area contributed by atoms with Crippen LogP contribution in [0.25, 0.3) is 0 Å². The maximum absolute atomic E-state index is 7.75. The van der Waals surface area contributed by atoms with E-state index in [-0.39, 0.29) is 7.43 Å². The molecule has 0 radical (unpaired) electrons. The number of halogens is 1. The second-order valence-corrected chi connectivity index (χ2v) is 0. The van der Waals surface area contributed by atoms with Crippen molar-refractivity contribution in [3.8, 4) is 0 Å². The third-order valence-corrected chi connectivity index (χ3v) is 0. The molecule has 0 bridgehead atoms. The fraction of sp³-hybridized carbons (Fsp3) is 0. The summed E-state index contributed by atoms with van der Waals surface area (Å²) in [6.07, 6.45) is 0. The monoisotopic (exact) mass is 302 g/mol. The van der Waals surface area contributed by atoms with Crippen molar-refractivity contribution in [1.29, 1.82) is 0 Å². The number of hydrogen-bond acceptors (Lipinski definition) is 2. The molecule has 0 amide bonds. The zero-order chi connectivity index (χ0) is 6.00. The predicted octanol–water partition coefficient (Wildman–Crippen LogP) is 0.785. The Balaban J connectivity index is -0.00000000900. The second kappa shape index (κ2) is 451. The Morgan fingerprint density at radius 3 is 1.00 bits per heavy atom. The van der Waals surface area contributed by atoms with Crippen LogP contribution in [0.5, 0.6) is 0 Å².